The van der Waals surface area contributed by atoms with Crippen molar-refractivity contribution in [3.8, 4) is 0 Å². The first-order valence-corrected chi connectivity index (χ1v) is 10.0. The van der Waals surface area contributed by atoms with E-state index in [-0.39, 0.29) is 11.3 Å². The van der Waals surface area contributed by atoms with Crippen molar-refractivity contribution in [2.75, 3.05) is 6.54 Å². The van der Waals surface area contributed by atoms with Crippen molar-refractivity contribution < 1.29 is 4.79 Å². The van der Waals surface area contributed by atoms with Crippen molar-refractivity contribution in [2.24, 2.45) is 0 Å². The van der Waals surface area contributed by atoms with Gasteiger partial charge in [-0.2, -0.15) is 0 Å². The number of aromatic nitrogens is 4. The van der Waals surface area contributed by atoms with Gasteiger partial charge in [0.1, 0.15) is 11.6 Å². The summed E-state index contributed by atoms with van der Waals surface area (Å²) in [6.45, 7) is 9.73. The van der Waals surface area contributed by atoms with Gasteiger partial charge in [0, 0.05) is 24.7 Å². The molecule has 3 aromatic heterocycles. The molecule has 0 saturated carbocycles. The molecule has 6 nitrogen and oxygen atoms in total. The Balaban J connectivity index is 1.46. The van der Waals surface area contributed by atoms with Crippen molar-refractivity contribution in [2.45, 2.75) is 46.1 Å². The van der Waals surface area contributed by atoms with Gasteiger partial charge in [-0.25, -0.2) is 9.97 Å². The van der Waals surface area contributed by atoms with E-state index in [1.54, 1.807) is 0 Å². The van der Waals surface area contributed by atoms with E-state index in [0.29, 0.717) is 12.2 Å². The van der Waals surface area contributed by atoms with Crippen molar-refractivity contribution >= 4 is 22.5 Å². The Kier molecular flexibility index (Phi) is 4.86. The molecule has 0 atom stereocenters. The summed E-state index contributed by atoms with van der Waals surface area (Å²) in [6.07, 6.45) is 2.79. The average Bonchev–Trinajstić information content (AvgIpc) is 3.23. The first kappa shape index (κ1) is 19.2. The number of nitrogens with one attached hydrogen (secondary N) is 1. The maximum absolute atomic E-state index is 12.8. The minimum Gasteiger partial charge on any atom is -0.351 e. The summed E-state index contributed by atoms with van der Waals surface area (Å²) >= 11 is 0. The van der Waals surface area contributed by atoms with Crippen molar-refractivity contribution in [3.63, 3.8) is 0 Å². The summed E-state index contributed by atoms with van der Waals surface area (Å²) in [7, 11) is 0. The molecular formula is C23H27N5O. The van der Waals surface area contributed by atoms with Gasteiger partial charge < -0.3 is 14.3 Å². The Morgan fingerprint density at radius 2 is 1.76 bits per heavy atom. The van der Waals surface area contributed by atoms with E-state index in [1.165, 1.54) is 0 Å². The van der Waals surface area contributed by atoms with Crippen LogP contribution in [-0.4, -0.2) is 31.4 Å². The number of carbonyl (C=O) groups excluding carboxylic acids is 1. The molecule has 0 unspecified atom stereocenters. The topological polar surface area (TPSA) is 64.2 Å². The molecule has 0 radical (unpaired) electrons. The monoisotopic (exact) mass is 389 g/mol. The fourth-order valence-electron chi connectivity index (χ4n) is 3.73. The second kappa shape index (κ2) is 7.35. The van der Waals surface area contributed by atoms with Gasteiger partial charge in [-0.05, 0) is 37.6 Å². The van der Waals surface area contributed by atoms with Gasteiger partial charge >= 0.3 is 0 Å². The molecule has 4 rings (SSSR count). The lowest BCUT2D eigenvalue weighted by Gasteiger charge is -2.16. The van der Waals surface area contributed by atoms with Crippen LogP contribution >= 0.6 is 0 Å². The molecule has 4 aromatic rings. The number of nitrogens with zero attached hydrogens (tertiary/aromatic N) is 4. The maximum atomic E-state index is 12.8. The third-order valence-corrected chi connectivity index (χ3v) is 5.12. The number of amides is 1. The predicted octanol–water partition coefficient (Wildman–Crippen LogP) is 4.11. The van der Waals surface area contributed by atoms with Crippen LogP contribution in [0.25, 0.3) is 16.6 Å². The molecule has 29 heavy (non-hydrogen) atoms. The number of rotatable bonds is 5. The summed E-state index contributed by atoms with van der Waals surface area (Å²) < 4.78 is 4.21. The van der Waals surface area contributed by atoms with E-state index in [4.69, 9.17) is 0 Å². The first-order chi connectivity index (χ1) is 13.9. The molecule has 1 N–H and O–H groups in total. The number of para-hydroxylation sites is 2. The molecule has 1 aromatic carbocycles. The van der Waals surface area contributed by atoms with Crippen LogP contribution in [0.2, 0.25) is 0 Å². The summed E-state index contributed by atoms with van der Waals surface area (Å²) in [5.74, 6) is 1.75. The number of aryl methyl sites for hydroxylation is 2. The zero-order valence-electron chi connectivity index (χ0n) is 17.4. The predicted molar refractivity (Wildman–Crippen MR) is 115 cm³/mol. The summed E-state index contributed by atoms with van der Waals surface area (Å²) in [6, 6.07) is 14.0. The van der Waals surface area contributed by atoms with E-state index >= 15 is 0 Å². The second-order valence-corrected chi connectivity index (χ2v) is 8.40. The molecule has 0 aliphatic carbocycles. The van der Waals surface area contributed by atoms with Gasteiger partial charge in [0.15, 0.2) is 5.69 Å². The molecule has 0 aliphatic rings. The number of carbonyl (C=O) groups is 1. The number of pyridine rings is 1. The number of fused-ring (bicyclic) bond motifs is 2. The first-order valence-electron chi connectivity index (χ1n) is 10.0. The van der Waals surface area contributed by atoms with E-state index < -0.39 is 0 Å². The molecule has 150 valence electrons. The molecule has 0 fully saturated rings. The van der Waals surface area contributed by atoms with Crippen LogP contribution in [0.4, 0.5) is 0 Å². The fourth-order valence-corrected chi connectivity index (χ4v) is 3.73. The Morgan fingerprint density at radius 3 is 2.55 bits per heavy atom. The third kappa shape index (κ3) is 3.62. The third-order valence-electron chi connectivity index (χ3n) is 5.12. The molecule has 3 heterocycles. The summed E-state index contributed by atoms with van der Waals surface area (Å²) in [5.41, 5.74) is 3.31. The van der Waals surface area contributed by atoms with Gasteiger partial charge in [-0.15, -0.1) is 0 Å². The van der Waals surface area contributed by atoms with Gasteiger partial charge in [0.05, 0.1) is 16.6 Å². The Labute approximate surface area is 170 Å². The minimum atomic E-state index is -0.150. The molecular weight excluding hydrogens is 362 g/mol. The lowest BCUT2D eigenvalue weighted by molar-refractivity contribution is 0.0949. The van der Waals surface area contributed by atoms with Gasteiger partial charge in [-0.1, -0.05) is 39.0 Å². The number of hydrogen-bond donors (Lipinski definition) is 1. The number of imidazole rings is 2. The van der Waals surface area contributed by atoms with Crippen LogP contribution in [0.15, 0.2) is 48.7 Å². The van der Waals surface area contributed by atoms with Crippen LogP contribution in [0, 0.1) is 6.92 Å². The van der Waals surface area contributed by atoms with Crippen LogP contribution in [0.1, 0.15) is 49.3 Å². The number of hydrogen-bond acceptors (Lipinski definition) is 3. The lowest BCUT2D eigenvalue weighted by Crippen LogP contribution is -2.26. The normalized spacial score (nSPS) is 12.0. The summed E-state index contributed by atoms with van der Waals surface area (Å²) in [4.78, 5) is 22.1. The zero-order chi connectivity index (χ0) is 20.6. The minimum absolute atomic E-state index is 0.128. The smallest absolute Gasteiger partial charge is 0.272 e. The highest BCUT2D eigenvalue weighted by molar-refractivity contribution is 5.99. The highest BCUT2D eigenvalue weighted by atomic mass is 16.1. The fraction of sp³-hybridized carbons (Fsp3) is 0.348. The number of benzene rings is 1. The highest BCUT2D eigenvalue weighted by Crippen LogP contribution is 2.24. The molecule has 0 spiro atoms. The Hall–Kier alpha value is -3.15. The molecule has 0 saturated heterocycles. The van der Waals surface area contributed by atoms with Crippen LogP contribution in [-0.2, 0) is 12.0 Å². The maximum Gasteiger partial charge on any atom is 0.272 e. The van der Waals surface area contributed by atoms with Gasteiger partial charge in [0.2, 0.25) is 0 Å². The standard InChI is InChI=1S/C23H27N5O/c1-16-25-17-10-5-6-11-18(17)27(16)15-9-13-24-21(29)20-19-12-7-8-14-28(19)22(26-20)23(2,3)4/h5-8,10-12,14H,9,13,15H2,1-4H3,(H,24,29). The van der Waals surface area contributed by atoms with Gasteiger partial charge in [-0.3, -0.25) is 4.79 Å². The highest BCUT2D eigenvalue weighted by Gasteiger charge is 2.24. The van der Waals surface area contributed by atoms with E-state index in [2.05, 4.69) is 46.7 Å². The van der Waals surface area contributed by atoms with E-state index in [0.717, 1.165) is 41.2 Å². The largest absolute Gasteiger partial charge is 0.351 e. The average molecular weight is 390 g/mol. The molecule has 0 bridgehead atoms. The Morgan fingerprint density at radius 1 is 1.03 bits per heavy atom. The molecule has 0 aliphatic heterocycles. The van der Waals surface area contributed by atoms with Gasteiger partial charge in [0.25, 0.3) is 5.91 Å². The van der Waals surface area contributed by atoms with Crippen molar-refractivity contribution in [1.29, 1.82) is 0 Å². The van der Waals surface area contributed by atoms with Crippen LogP contribution in [0.3, 0.4) is 0 Å². The van der Waals surface area contributed by atoms with E-state index in [9.17, 15) is 4.79 Å². The Bertz CT molecular complexity index is 1180. The zero-order valence-corrected chi connectivity index (χ0v) is 17.4. The SMILES string of the molecule is Cc1nc2ccccc2n1CCCNC(=O)c1nc(C(C)(C)C)n2ccccc12. The van der Waals surface area contributed by atoms with Crippen LogP contribution in [0.5, 0.6) is 0 Å². The lowest BCUT2D eigenvalue weighted by atomic mass is 9.96. The van der Waals surface area contributed by atoms with Crippen molar-refractivity contribution in [3.05, 3.63) is 66.0 Å². The second-order valence-electron chi connectivity index (χ2n) is 8.40. The summed E-state index contributed by atoms with van der Waals surface area (Å²) in [5, 5.41) is 3.04. The van der Waals surface area contributed by atoms with Crippen molar-refractivity contribution in [1.82, 2.24) is 24.3 Å². The molecule has 1 amide bonds. The van der Waals surface area contributed by atoms with E-state index in [1.807, 2.05) is 53.9 Å². The van der Waals surface area contributed by atoms with Crippen LogP contribution < -0.4 is 5.32 Å². The molecule has 6 heteroatoms. The quantitative estimate of drug-likeness (QED) is 0.523.